The van der Waals surface area contributed by atoms with Crippen LogP contribution < -0.4 is 11.3 Å². The van der Waals surface area contributed by atoms with E-state index in [2.05, 4.69) is 50.5 Å². The minimum absolute atomic E-state index is 0.0741. The molecule has 0 aliphatic heterocycles. The standard InChI is InChI=1S/C19H27N3/c1-19(2,3)16-11-7-10-14-12-15(13-8-5-4-6-9-13)18(22-20)21-17(14)16/h7,10-13H,4-6,8-9,20H2,1-3H3,(H,21,22). The number of benzene rings is 1. The van der Waals surface area contributed by atoms with Crippen molar-refractivity contribution in [1.82, 2.24) is 4.98 Å². The number of nitrogen functional groups attached to an aromatic ring is 1. The zero-order chi connectivity index (χ0) is 15.7. The van der Waals surface area contributed by atoms with E-state index < -0.39 is 0 Å². The Kier molecular flexibility index (Phi) is 4.09. The Morgan fingerprint density at radius 2 is 1.86 bits per heavy atom. The topological polar surface area (TPSA) is 50.9 Å². The Bertz CT molecular complexity index is 664. The first kappa shape index (κ1) is 15.3. The number of hydrogen-bond acceptors (Lipinski definition) is 3. The van der Waals surface area contributed by atoms with E-state index in [0.717, 1.165) is 11.3 Å². The molecule has 3 heteroatoms. The van der Waals surface area contributed by atoms with Crippen LogP contribution in [-0.4, -0.2) is 4.98 Å². The molecule has 0 spiro atoms. The lowest BCUT2D eigenvalue weighted by Crippen LogP contribution is -2.17. The maximum absolute atomic E-state index is 5.79. The average Bonchev–Trinajstić information content (AvgIpc) is 2.53. The van der Waals surface area contributed by atoms with Gasteiger partial charge in [0.25, 0.3) is 0 Å². The minimum Gasteiger partial charge on any atom is -0.308 e. The van der Waals surface area contributed by atoms with Crippen molar-refractivity contribution in [3.05, 3.63) is 35.4 Å². The SMILES string of the molecule is CC(C)(C)c1cccc2cc(C3CCCCC3)c(NN)nc12. The third kappa shape index (κ3) is 2.82. The number of nitrogens with one attached hydrogen (secondary N) is 1. The van der Waals surface area contributed by atoms with Gasteiger partial charge >= 0.3 is 0 Å². The highest BCUT2D eigenvalue weighted by Crippen LogP contribution is 2.38. The van der Waals surface area contributed by atoms with E-state index >= 15 is 0 Å². The van der Waals surface area contributed by atoms with E-state index in [4.69, 9.17) is 10.8 Å². The van der Waals surface area contributed by atoms with E-state index in [-0.39, 0.29) is 5.41 Å². The van der Waals surface area contributed by atoms with Gasteiger partial charge in [0, 0.05) is 5.39 Å². The van der Waals surface area contributed by atoms with Crippen molar-refractivity contribution in [2.45, 2.75) is 64.2 Å². The van der Waals surface area contributed by atoms with Gasteiger partial charge in [0.1, 0.15) is 5.82 Å². The first-order valence-electron chi connectivity index (χ1n) is 8.41. The van der Waals surface area contributed by atoms with Gasteiger partial charge in [0.15, 0.2) is 0 Å². The zero-order valence-electron chi connectivity index (χ0n) is 13.9. The predicted molar refractivity (Wildman–Crippen MR) is 94.1 cm³/mol. The van der Waals surface area contributed by atoms with Crippen LogP contribution in [0.25, 0.3) is 10.9 Å². The summed E-state index contributed by atoms with van der Waals surface area (Å²) in [4.78, 5) is 4.90. The van der Waals surface area contributed by atoms with Gasteiger partial charge in [-0.1, -0.05) is 58.2 Å². The van der Waals surface area contributed by atoms with Crippen LogP contribution >= 0.6 is 0 Å². The highest BCUT2D eigenvalue weighted by atomic mass is 15.2. The van der Waals surface area contributed by atoms with Crippen LogP contribution in [0.2, 0.25) is 0 Å². The zero-order valence-corrected chi connectivity index (χ0v) is 13.9. The van der Waals surface area contributed by atoms with Gasteiger partial charge in [-0.15, -0.1) is 0 Å². The van der Waals surface area contributed by atoms with E-state index in [1.54, 1.807) is 0 Å². The third-order valence-corrected chi connectivity index (χ3v) is 4.87. The molecule has 1 aliphatic carbocycles. The molecule has 3 N–H and O–H groups in total. The molecule has 3 rings (SSSR count). The number of fused-ring (bicyclic) bond motifs is 1. The van der Waals surface area contributed by atoms with E-state index in [1.165, 1.54) is 48.6 Å². The molecule has 0 unspecified atom stereocenters. The second-order valence-corrected chi connectivity index (χ2v) is 7.53. The molecular formula is C19H27N3. The summed E-state index contributed by atoms with van der Waals surface area (Å²) < 4.78 is 0. The fourth-order valence-electron chi connectivity index (χ4n) is 3.66. The number of nitrogens with two attached hydrogens (primary N) is 1. The van der Waals surface area contributed by atoms with E-state index in [0.29, 0.717) is 5.92 Å². The Morgan fingerprint density at radius 3 is 2.50 bits per heavy atom. The fourth-order valence-corrected chi connectivity index (χ4v) is 3.66. The maximum atomic E-state index is 5.79. The fraction of sp³-hybridized carbons (Fsp3) is 0.526. The van der Waals surface area contributed by atoms with Gasteiger partial charge < -0.3 is 5.43 Å². The number of hydrogen-bond donors (Lipinski definition) is 2. The molecule has 0 bridgehead atoms. The number of aromatic nitrogens is 1. The van der Waals surface area contributed by atoms with Gasteiger partial charge in [0.05, 0.1) is 5.52 Å². The summed E-state index contributed by atoms with van der Waals surface area (Å²) in [6.07, 6.45) is 6.49. The number of rotatable bonds is 2. The minimum atomic E-state index is 0.0741. The average molecular weight is 297 g/mol. The molecule has 3 nitrogen and oxygen atoms in total. The summed E-state index contributed by atoms with van der Waals surface area (Å²) in [6.45, 7) is 6.69. The van der Waals surface area contributed by atoms with Crippen molar-refractivity contribution >= 4 is 16.7 Å². The summed E-state index contributed by atoms with van der Waals surface area (Å²) in [7, 11) is 0. The lowest BCUT2D eigenvalue weighted by molar-refractivity contribution is 0.444. The summed E-state index contributed by atoms with van der Waals surface area (Å²) in [5.74, 6) is 7.25. The quantitative estimate of drug-likeness (QED) is 0.614. The predicted octanol–water partition coefficient (Wildman–Crippen LogP) is 4.87. The maximum Gasteiger partial charge on any atom is 0.144 e. The molecular weight excluding hydrogens is 270 g/mol. The van der Waals surface area contributed by atoms with Gasteiger partial charge in [-0.05, 0) is 41.4 Å². The van der Waals surface area contributed by atoms with E-state index in [1.807, 2.05) is 0 Å². The van der Waals surface area contributed by atoms with Gasteiger partial charge in [-0.25, -0.2) is 10.8 Å². The number of hydrazine groups is 1. The summed E-state index contributed by atoms with van der Waals surface area (Å²) in [6, 6.07) is 8.80. The molecule has 0 radical (unpaired) electrons. The number of nitrogens with zero attached hydrogens (tertiary/aromatic N) is 1. The lowest BCUT2D eigenvalue weighted by atomic mass is 9.82. The molecule has 1 aromatic carbocycles. The Hall–Kier alpha value is -1.61. The Morgan fingerprint density at radius 1 is 1.14 bits per heavy atom. The Labute approximate surface area is 133 Å². The molecule has 118 valence electrons. The van der Waals surface area contributed by atoms with Crippen LogP contribution in [0.3, 0.4) is 0 Å². The third-order valence-electron chi connectivity index (χ3n) is 4.87. The molecule has 22 heavy (non-hydrogen) atoms. The summed E-state index contributed by atoms with van der Waals surface area (Å²) in [5.41, 5.74) is 6.57. The number of para-hydroxylation sites is 1. The highest BCUT2D eigenvalue weighted by Gasteiger charge is 2.22. The van der Waals surface area contributed by atoms with E-state index in [9.17, 15) is 0 Å². The number of pyridine rings is 1. The molecule has 2 aromatic rings. The van der Waals surface area contributed by atoms with Crippen molar-refractivity contribution in [3.63, 3.8) is 0 Å². The van der Waals surface area contributed by atoms with Crippen molar-refractivity contribution in [2.24, 2.45) is 5.84 Å². The first-order valence-corrected chi connectivity index (χ1v) is 8.41. The normalized spacial score (nSPS) is 16.9. The van der Waals surface area contributed by atoms with Crippen LogP contribution in [0.5, 0.6) is 0 Å². The Balaban J connectivity index is 2.15. The van der Waals surface area contributed by atoms with Crippen LogP contribution in [0, 0.1) is 0 Å². The smallest absolute Gasteiger partial charge is 0.144 e. The van der Waals surface area contributed by atoms with Crippen LogP contribution in [0.1, 0.15) is 69.9 Å². The van der Waals surface area contributed by atoms with Gasteiger partial charge in [-0.3, -0.25) is 0 Å². The molecule has 1 fully saturated rings. The molecule has 0 atom stereocenters. The second-order valence-electron chi connectivity index (χ2n) is 7.53. The number of anilines is 1. The first-order chi connectivity index (χ1) is 10.5. The molecule has 1 aromatic heterocycles. The van der Waals surface area contributed by atoms with Crippen molar-refractivity contribution in [3.8, 4) is 0 Å². The van der Waals surface area contributed by atoms with Crippen LogP contribution in [0.15, 0.2) is 24.3 Å². The van der Waals surface area contributed by atoms with Crippen LogP contribution in [0.4, 0.5) is 5.82 Å². The highest BCUT2D eigenvalue weighted by molar-refractivity contribution is 5.85. The second kappa shape index (κ2) is 5.88. The molecule has 0 amide bonds. The summed E-state index contributed by atoms with van der Waals surface area (Å²) in [5, 5.41) is 1.23. The monoisotopic (exact) mass is 297 g/mol. The van der Waals surface area contributed by atoms with Crippen molar-refractivity contribution in [2.75, 3.05) is 5.43 Å². The molecule has 1 aliphatic rings. The lowest BCUT2D eigenvalue weighted by Gasteiger charge is -2.25. The molecule has 1 saturated carbocycles. The largest absolute Gasteiger partial charge is 0.308 e. The van der Waals surface area contributed by atoms with Gasteiger partial charge in [-0.2, -0.15) is 0 Å². The summed E-state index contributed by atoms with van der Waals surface area (Å²) >= 11 is 0. The molecule has 1 heterocycles. The van der Waals surface area contributed by atoms with Crippen molar-refractivity contribution < 1.29 is 0 Å². The molecule has 0 saturated heterocycles. The van der Waals surface area contributed by atoms with Crippen molar-refractivity contribution in [1.29, 1.82) is 0 Å². The van der Waals surface area contributed by atoms with Gasteiger partial charge in [0.2, 0.25) is 0 Å². The van der Waals surface area contributed by atoms with Crippen LogP contribution in [-0.2, 0) is 5.41 Å².